The number of carbonyl (C=O) groups is 2. The average Bonchev–Trinajstić information content (AvgIpc) is 3.24. The number of carbonyl (C=O) groups excluding carboxylic acids is 2. The number of Topliss-reactive ketones (excluding diaryl/α,β-unsaturated/α-hetero) is 2. The van der Waals surface area contributed by atoms with Crippen molar-refractivity contribution >= 4 is 11.6 Å². The first-order valence-electron chi connectivity index (χ1n) is 18.6. The molecule has 5 unspecified atom stereocenters. The molecule has 0 aromatic heterocycles. The van der Waals surface area contributed by atoms with Crippen molar-refractivity contribution in [2.24, 2.45) is 35.3 Å². The van der Waals surface area contributed by atoms with Crippen LogP contribution in [0, 0.1) is 41.4 Å². The third-order valence-electron chi connectivity index (χ3n) is 10.8. The van der Waals surface area contributed by atoms with Crippen LogP contribution < -0.4 is 15.8 Å². The molecule has 5 rings (SSSR count). The van der Waals surface area contributed by atoms with Crippen LogP contribution in [0.15, 0.2) is 59.9 Å². The maximum absolute atomic E-state index is 14.1. The number of nitrogens with one attached hydrogen (secondary N) is 1. The van der Waals surface area contributed by atoms with Gasteiger partial charge in [0, 0.05) is 24.8 Å². The highest BCUT2D eigenvalue weighted by Gasteiger charge is 2.37. The Hall–Kier alpha value is -3.98. The second-order valence-corrected chi connectivity index (χ2v) is 15.0. The lowest BCUT2D eigenvalue weighted by atomic mass is 9.77. The Morgan fingerprint density at radius 1 is 1.04 bits per heavy atom. The molecule has 3 aliphatic rings. The predicted octanol–water partition coefficient (Wildman–Crippen LogP) is 8.16. The quantitative estimate of drug-likeness (QED) is 0.175. The lowest BCUT2D eigenvalue weighted by molar-refractivity contribution is -0.130. The molecule has 4 N–H and O–H groups in total. The van der Waals surface area contributed by atoms with E-state index >= 15 is 0 Å². The molecule has 2 aromatic rings. The van der Waals surface area contributed by atoms with Crippen molar-refractivity contribution in [1.29, 1.82) is 0 Å². The van der Waals surface area contributed by atoms with E-state index in [2.05, 4.69) is 68.3 Å². The molecule has 0 amide bonds. The number of fused-ring (bicyclic) bond motifs is 2. The van der Waals surface area contributed by atoms with E-state index in [9.17, 15) is 14.7 Å². The number of unbranched alkanes of at least 4 members (excludes halogenated alkanes) is 1. The molecule has 6 nitrogen and oxygen atoms in total. The molecular weight excluding hydrogens is 608 g/mol. The molecule has 6 heteroatoms. The number of ether oxygens (including phenoxy) is 1. The fourth-order valence-electron chi connectivity index (χ4n) is 8.17. The smallest absolute Gasteiger partial charge is 0.160 e. The summed E-state index contributed by atoms with van der Waals surface area (Å²) in [6.07, 6.45) is 13.8. The number of dihydropyridines is 1. The van der Waals surface area contributed by atoms with Crippen LogP contribution in [0.1, 0.15) is 113 Å². The number of methoxy groups -OCH3 is 1. The molecule has 0 bridgehead atoms. The first-order chi connectivity index (χ1) is 23.6. The minimum atomic E-state index is -0.326. The number of rotatable bonds is 10. The number of aromatic hydroxyl groups is 1. The minimum absolute atomic E-state index is 0.0319. The van der Waals surface area contributed by atoms with Gasteiger partial charge in [0.2, 0.25) is 0 Å². The highest BCUT2D eigenvalue weighted by molar-refractivity contribution is 6.00. The van der Waals surface area contributed by atoms with Gasteiger partial charge in [-0.25, -0.2) is 0 Å². The lowest BCUT2D eigenvalue weighted by Crippen LogP contribution is -2.27. The number of phenolic OH excluding ortho intramolecular Hbond substituents is 1. The number of aryl methyl sites for hydroxylation is 2. The van der Waals surface area contributed by atoms with Gasteiger partial charge in [0.05, 0.1) is 25.3 Å². The lowest BCUT2D eigenvalue weighted by Gasteiger charge is -2.25. The summed E-state index contributed by atoms with van der Waals surface area (Å²) in [5, 5.41) is 14.3. The molecule has 0 radical (unpaired) electrons. The molecular formula is C43H56N2O4. The highest BCUT2D eigenvalue weighted by Crippen LogP contribution is 2.43. The Morgan fingerprint density at radius 2 is 1.86 bits per heavy atom. The number of phenols is 1. The van der Waals surface area contributed by atoms with E-state index in [1.165, 1.54) is 11.1 Å². The van der Waals surface area contributed by atoms with Gasteiger partial charge in [0.25, 0.3) is 0 Å². The van der Waals surface area contributed by atoms with Gasteiger partial charge in [-0.3, -0.25) is 9.59 Å². The summed E-state index contributed by atoms with van der Waals surface area (Å²) in [6, 6.07) is 12.2. The second kappa shape index (κ2) is 17.1. The van der Waals surface area contributed by atoms with E-state index in [0.717, 1.165) is 81.0 Å². The predicted molar refractivity (Wildman–Crippen MR) is 197 cm³/mol. The van der Waals surface area contributed by atoms with Gasteiger partial charge in [-0.1, -0.05) is 82.2 Å². The van der Waals surface area contributed by atoms with Crippen LogP contribution in [0.2, 0.25) is 0 Å². The minimum Gasteiger partial charge on any atom is -0.504 e. The Balaban J connectivity index is 1.65. The molecule has 5 atom stereocenters. The van der Waals surface area contributed by atoms with Crippen LogP contribution in [0.25, 0.3) is 0 Å². The normalized spacial score (nSPS) is 24.5. The molecule has 1 heterocycles. The summed E-state index contributed by atoms with van der Waals surface area (Å²) < 4.78 is 5.52. The van der Waals surface area contributed by atoms with Crippen molar-refractivity contribution in [3.05, 3.63) is 82.2 Å². The number of benzene rings is 2. The van der Waals surface area contributed by atoms with Crippen molar-refractivity contribution in [3.8, 4) is 23.3 Å². The Kier molecular flexibility index (Phi) is 12.7. The molecule has 0 saturated heterocycles. The summed E-state index contributed by atoms with van der Waals surface area (Å²) in [5.74, 6) is 9.21. The number of allylic oxidation sites excluding steroid dienone is 2. The van der Waals surface area contributed by atoms with Gasteiger partial charge in [-0.05, 0) is 109 Å². The molecule has 49 heavy (non-hydrogen) atoms. The van der Waals surface area contributed by atoms with Crippen LogP contribution in [-0.2, 0) is 22.4 Å². The Bertz CT molecular complexity index is 1610. The van der Waals surface area contributed by atoms with Crippen molar-refractivity contribution in [2.45, 2.75) is 104 Å². The van der Waals surface area contributed by atoms with Crippen molar-refractivity contribution in [1.82, 2.24) is 5.32 Å². The summed E-state index contributed by atoms with van der Waals surface area (Å²) in [7, 11) is 1.54. The zero-order valence-electron chi connectivity index (χ0n) is 30.0. The number of nitrogens with two attached hydrogens (primary N) is 1. The third-order valence-corrected chi connectivity index (χ3v) is 10.8. The summed E-state index contributed by atoms with van der Waals surface area (Å²) >= 11 is 0. The monoisotopic (exact) mass is 664 g/mol. The summed E-state index contributed by atoms with van der Waals surface area (Å²) in [5.41, 5.74) is 11.6. The van der Waals surface area contributed by atoms with Gasteiger partial charge in [-0.15, -0.1) is 0 Å². The van der Waals surface area contributed by atoms with Gasteiger partial charge in [-0.2, -0.15) is 0 Å². The second-order valence-electron chi connectivity index (χ2n) is 15.0. The third kappa shape index (κ3) is 9.59. The van der Waals surface area contributed by atoms with E-state index in [1.54, 1.807) is 13.2 Å². The van der Waals surface area contributed by atoms with E-state index in [0.29, 0.717) is 35.7 Å². The van der Waals surface area contributed by atoms with Crippen LogP contribution in [0.3, 0.4) is 0 Å². The zero-order valence-corrected chi connectivity index (χ0v) is 30.0. The molecule has 2 aromatic carbocycles. The maximum atomic E-state index is 14.1. The first-order valence-corrected chi connectivity index (χ1v) is 18.6. The number of hydrogen-bond acceptors (Lipinski definition) is 6. The van der Waals surface area contributed by atoms with E-state index in [1.807, 2.05) is 12.1 Å². The van der Waals surface area contributed by atoms with Gasteiger partial charge in [0.1, 0.15) is 11.6 Å². The maximum Gasteiger partial charge on any atom is 0.160 e. The topological polar surface area (TPSA) is 102 Å². The summed E-state index contributed by atoms with van der Waals surface area (Å²) in [6.45, 7) is 7.43. The Morgan fingerprint density at radius 3 is 2.61 bits per heavy atom. The summed E-state index contributed by atoms with van der Waals surface area (Å²) in [4.78, 5) is 27.6. The van der Waals surface area contributed by atoms with Crippen molar-refractivity contribution in [2.75, 3.05) is 13.7 Å². The largest absolute Gasteiger partial charge is 0.504 e. The zero-order chi connectivity index (χ0) is 34.9. The van der Waals surface area contributed by atoms with E-state index < -0.39 is 0 Å². The first kappa shape index (κ1) is 36.3. The average molecular weight is 665 g/mol. The molecule has 1 aliphatic heterocycles. The van der Waals surface area contributed by atoms with Crippen LogP contribution in [-0.4, -0.2) is 30.3 Å². The molecule has 2 aliphatic carbocycles. The van der Waals surface area contributed by atoms with Crippen LogP contribution in [0.4, 0.5) is 0 Å². The van der Waals surface area contributed by atoms with Gasteiger partial charge < -0.3 is 20.9 Å². The van der Waals surface area contributed by atoms with Crippen molar-refractivity contribution in [3.63, 3.8) is 0 Å². The molecule has 1 saturated carbocycles. The highest BCUT2D eigenvalue weighted by atomic mass is 16.5. The van der Waals surface area contributed by atoms with Crippen LogP contribution >= 0.6 is 0 Å². The molecule has 1 fully saturated rings. The van der Waals surface area contributed by atoms with Gasteiger partial charge in [0.15, 0.2) is 11.5 Å². The number of ketones is 2. The fraction of sp³-hybridized carbons (Fsp3) is 0.535. The van der Waals surface area contributed by atoms with Crippen LogP contribution in [0.5, 0.6) is 11.5 Å². The van der Waals surface area contributed by atoms with E-state index in [-0.39, 0.29) is 47.9 Å². The van der Waals surface area contributed by atoms with Gasteiger partial charge >= 0.3 is 0 Å². The fourth-order valence-corrected chi connectivity index (χ4v) is 8.17. The standard InChI is InChI=1S/C43H56N2O4/c1-5-6-9-29-20-31(21-30-18-19-45-43(44)24-30)22-33-15-17-37(36-11-8-7-10-32(36)13-12-28(2)3)38-27-41(48)42(49-4)25-34(38)14-16-35(46)26-40(47)39(33)23-29/h7-8,10-11,18,24-25,27-29,31,33,37,39,45,48H,5-6,9,12-14,16,19-23,26,44H2,1-4H3. The number of hydrogen-bond donors (Lipinski definition) is 3. The Labute approximate surface area is 294 Å². The van der Waals surface area contributed by atoms with Crippen molar-refractivity contribution < 1.29 is 19.4 Å². The molecule has 262 valence electrons. The SMILES string of the molecule is CCCCC1CC(CC2=CCNC(N)=C2)CC2C#CC(c3ccccc3CCC(C)C)c3cc(O)c(OC)cc3CCC(=O)CC(=O)C2C1. The molecule has 0 spiro atoms. The van der Waals surface area contributed by atoms with E-state index in [4.69, 9.17) is 10.5 Å².